The number of halogens is 2. The Morgan fingerprint density at radius 1 is 1.17 bits per heavy atom. The summed E-state index contributed by atoms with van der Waals surface area (Å²) in [7, 11) is 0. The summed E-state index contributed by atoms with van der Waals surface area (Å²) in [4.78, 5) is 28.9. The van der Waals surface area contributed by atoms with Crippen LogP contribution >= 0.6 is 0 Å². The van der Waals surface area contributed by atoms with Crippen molar-refractivity contribution in [2.45, 2.75) is 13.5 Å². The van der Waals surface area contributed by atoms with Crippen LogP contribution in [0, 0.1) is 18.6 Å². The number of rotatable bonds is 3. The highest BCUT2D eigenvalue weighted by molar-refractivity contribution is 5.90. The number of aryl methyl sites for hydroxylation is 1. The molecule has 24 heavy (non-hydrogen) atoms. The van der Waals surface area contributed by atoms with Crippen molar-refractivity contribution in [2.75, 3.05) is 5.32 Å². The van der Waals surface area contributed by atoms with E-state index in [0.29, 0.717) is 22.8 Å². The monoisotopic (exact) mass is 329 g/mol. The van der Waals surface area contributed by atoms with Gasteiger partial charge in [-0.1, -0.05) is 12.1 Å². The molecule has 7 heteroatoms. The fraction of sp³-hybridized carbons (Fsp3) is 0.118. The van der Waals surface area contributed by atoms with Crippen LogP contribution in [0.2, 0.25) is 0 Å². The van der Waals surface area contributed by atoms with Crippen LogP contribution in [0.4, 0.5) is 14.5 Å². The predicted molar refractivity (Wildman–Crippen MR) is 85.7 cm³/mol. The molecule has 3 rings (SSSR count). The molecule has 0 unspecified atom stereocenters. The van der Waals surface area contributed by atoms with Gasteiger partial charge in [-0.05, 0) is 31.2 Å². The minimum atomic E-state index is -0.800. The summed E-state index contributed by atoms with van der Waals surface area (Å²) in [6.45, 7) is 1.31. The van der Waals surface area contributed by atoms with Crippen LogP contribution in [-0.4, -0.2) is 15.5 Å². The fourth-order valence-corrected chi connectivity index (χ4v) is 2.44. The molecular weight excluding hydrogens is 316 g/mol. The van der Waals surface area contributed by atoms with Crippen LogP contribution in [-0.2, 0) is 11.3 Å². The summed E-state index contributed by atoms with van der Waals surface area (Å²) in [6.07, 6.45) is 0. The molecule has 0 spiro atoms. The van der Waals surface area contributed by atoms with Gasteiger partial charge in [0.05, 0.1) is 10.9 Å². The van der Waals surface area contributed by atoms with E-state index in [9.17, 15) is 18.4 Å². The van der Waals surface area contributed by atoms with Crippen LogP contribution in [0.5, 0.6) is 0 Å². The van der Waals surface area contributed by atoms with Gasteiger partial charge >= 0.3 is 0 Å². The molecule has 0 saturated heterocycles. The van der Waals surface area contributed by atoms with Gasteiger partial charge in [0.15, 0.2) is 0 Å². The van der Waals surface area contributed by atoms with E-state index in [1.54, 1.807) is 31.2 Å². The Balaban J connectivity index is 1.89. The zero-order valence-electron chi connectivity index (χ0n) is 12.7. The summed E-state index contributed by atoms with van der Waals surface area (Å²) in [5.41, 5.74) is 0.180. The number of anilines is 1. The normalized spacial score (nSPS) is 10.8. The van der Waals surface area contributed by atoms with Crippen molar-refractivity contribution in [2.24, 2.45) is 0 Å². The fourth-order valence-electron chi connectivity index (χ4n) is 2.44. The smallest absolute Gasteiger partial charge is 0.261 e. The number of nitrogens with zero attached hydrogens (tertiary/aromatic N) is 2. The number of fused-ring (bicyclic) bond motifs is 1. The molecule has 1 heterocycles. The minimum Gasteiger partial charge on any atom is -0.324 e. The zero-order valence-corrected chi connectivity index (χ0v) is 12.7. The highest BCUT2D eigenvalue weighted by Crippen LogP contribution is 2.13. The van der Waals surface area contributed by atoms with Gasteiger partial charge in [-0.25, -0.2) is 13.8 Å². The van der Waals surface area contributed by atoms with E-state index in [1.807, 2.05) is 0 Å². The van der Waals surface area contributed by atoms with E-state index in [2.05, 4.69) is 10.3 Å². The van der Waals surface area contributed by atoms with Gasteiger partial charge in [-0.3, -0.25) is 14.2 Å². The first-order chi connectivity index (χ1) is 11.4. The van der Waals surface area contributed by atoms with Crippen LogP contribution in [0.1, 0.15) is 5.82 Å². The van der Waals surface area contributed by atoms with Crippen molar-refractivity contribution in [3.63, 3.8) is 0 Å². The SMILES string of the molecule is Cc1nc2ccccc2c(=O)n1CC(=O)Nc1cc(F)cc(F)c1. The maximum Gasteiger partial charge on any atom is 0.261 e. The molecule has 1 N–H and O–H groups in total. The lowest BCUT2D eigenvalue weighted by molar-refractivity contribution is -0.116. The standard InChI is InChI=1S/C17H13F2N3O2/c1-10-20-15-5-3-2-4-14(15)17(24)22(10)9-16(23)21-13-7-11(18)6-12(19)8-13/h2-8H,9H2,1H3,(H,21,23). The third kappa shape index (κ3) is 3.15. The summed E-state index contributed by atoms with van der Waals surface area (Å²) in [5.74, 6) is -1.81. The quantitative estimate of drug-likeness (QED) is 0.803. The third-order valence-electron chi connectivity index (χ3n) is 3.50. The van der Waals surface area contributed by atoms with Crippen molar-refractivity contribution < 1.29 is 13.6 Å². The van der Waals surface area contributed by atoms with Crippen molar-refractivity contribution >= 4 is 22.5 Å². The highest BCUT2D eigenvalue weighted by atomic mass is 19.1. The number of carbonyl (C=O) groups excluding carboxylic acids is 1. The number of para-hydroxylation sites is 1. The van der Waals surface area contributed by atoms with E-state index in [1.165, 1.54) is 4.57 Å². The lowest BCUT2D eigenvalue weighted by Crippen LogP contribution is -2.30. The molecule has 0 radical (unpaired) electrons. The first kappa shape index (κ1) is 15.8. The molecular formula is C17H13F2N3O2. The van der Waals surface area contributed by atoms with Crippen LogP contribution in [0.25, 0.3) is 10.9 Å². The molecule has 5 nitrogen and oxygen atoms in total. The van der Waals surface area contributed by atoms with Crippen molar-refractivity contribution in [1.82, 2.24) is 9.55 Å². The lowest BCUT2D eigenvalue weighted by Gasteiger charge is -2.11. The van der Waals surface area contributed by atoms with Gasteiger partial charge in [0.25, 0.3) is 5.56 Å². The molecule has 1 aromatic heterocycles. The molecule has 0 aliphatic carbocycles. The number of hydrogen-bond donors (Lipinski definition) is 1. The Bertz CT molecular complexity index is 979. The third-order valence-corrected chi connectivity index (χ3v) is 3.50. The molecule has 0 fully saturated rings. The maximum absolute atomic E-state index is 13.2. The number of aromatic nitrogens is 2. The molecule has 0 aliphatic rings. The maximum atomic E-state index is 13.2. The highest BCUT2D eigenvalue weighted by Gasteiger charge is 2.12. The molecule has 0 bridgehead atoms. The molecule has 2 aromatic carbocycles. The van der Waals surface area contributed by atoms with Crippen molar-refractivity contribution in [3.05, 3.63) is 70.3 Å². The average molecular weight is 329 g/mol. The molecule has 1 amide bonds. The van der Waals surface area contributed by atoms with E-state index in [4.69, 9.17) is 0 Å². The van der Waals surface area contributed by atoms with E-state index < -0.39 is 17.5 Å². The predicted octanol–water partition coefficient (Wildman–Crippen LogP) is 2.62. The van der Waals surface area contributed by atoms with E-state index >= 15 is 0 Å². The second-order valence-corrected chi connectivity index (χ2v) is 5.27. The number of amides is 1. The summed E-state index contributed by atoms with van der Waals surface area (Å²) in [5, 5.41) is 2.76. The molecule has 0 atom stereocenters. The Labute approximate surface area is 135 Å². The van der Waals surface area contributed by atoms with Crippen LogP contribution in [0.15, 0.2) is 47.3 Å². The Hall–Kier alpha value is -3.09. The van der Waals surface area contributed by atoms with Crippen LogP contribution < -0.4 is 10.9 Å². The van der Waals surface area contributed by atoms with Crippen molar-refractivity contribution in [1.29, 1.82) is 0 Å². The summed E-state index contributed by atoms with van der Waals surface area (Å²) in [6, 6.07) is 9.51. The van der Waals surface area contributed by atoms with Gasteiger partial charge in [0.2, 0.25) is 5.91 Å². The number of carbonyl (C=O) groups is 1. The second kappa shape index (κ2) is 6.19. The van der Waals surface area contributed by atoms with Gasteiger partial charge in [0.1, 0.15) is 24.0 Å². The number of hydrogen-bond acceptors (Lipinski definition) is 3. The van der Waals surface area contributed by atoms with Gasteiger partial charge in [-0.2, -0.15) is 0 Å². The number of benzene rings is 2. The summed E-state index contributed by atoms with van der Waals surface area (Å²) < 4.78 is 27.5. The van der Waals surface area contributed by atoms with E-state index in [0.717, 1.165) is 12.1 Å². The Kier molecular flexibility index (Phi) is 4.07. The minimum absolute atomic E-state index is 0.0167. The lowest BCUT2D eigenvalue weighted by atomic mass is 10.2. The number of nitrogens with one attached hydrogen (secondary N) is 1. The average Bonchev–Trinajstić information content (AvgIpc) is 2.50. The van der Waals surface area contributed by atoms with Gasteiger partial charge in [-0.15, -0.1) is 0 Å². The topological polar surface area (TPSA) is 64.0 Å². The van der Waals surface area contributed by atoms with Crippen LogP contribution in [0.3, 0.4) is 0 Å². The Morgan fingerprint density at radius 2 is 1.83 bits per heavy atom. The van der Waals surface area contributed by atoms with Gasteiger partial charge in [0, 0.05) is 11.8 Å². The largest absolute Gasteiger partial charge is 0.324 e. The first-order valence-corrected chi connectivity index (χ1v) is 7.16. The van der Waals surface area contributed by atoms with Gasteiger partial charge < -0.3 is 5.32 Å². The molecule has 0 saturated carbocycles. The van der Waals surface area contributed by atoms with Crippen molar-refractivity contribution in [3.8, 4) is 0 Å². The molecule has 122 valence electrons. The first-order valence-electron chi connectivity index (χ1n) is 7.16. The zero-order chi connectivity index (χ0) is 17.3. The Morgan fingerprint density at radius 3 is 2.54 bits per heavy atom. The second-order valence-electron chi connectivity index (χ2n) is 5.27. The molecule has 3 aromatic rings. The molecule has 0 aliphatic heterocycles. The summed E-state index contributed by atoms with van der Waals surface area (Å²) >= 11 is 0. The van der Waals surface area contributed by atoms with E-state index in [-0.39, 0.29) is 17.8 Å².